The van der Waals surface area contributed by atoms with Crippen LogP contribution in [0.3, 0.4) is 0 Å². The van der Waals surface area contributed by atoms with Crippen molar-refractivity contribution >= 4 is 5.78 Å². The molecule has 0 bridgehead atoms. The van der Waals surface area contributed by atoms with E-state index in [0.717, 1.165) is 12.0 Å². The summed E-state index contributed by atoms with van der Waals surface area (Å²) in [7, 11) is 0. The number of benzene rings is 1. The van der Waals surface area contributed by atoms with Crippen LogP contribution in [0.5, 0.6) is 5.75 Å². The van der Waals surface area contributed by atoms with Gasteiger partial charge in [0.15, 0.2) is 11.6 Å². The third-order valence-electron chi connectivity index (χ3n) is 2.69. The topological polar surface area (TPSA) is 37.3 Å². The first-order chi connectivity index (χ1) is 6.66. The highest BCUT2D eigenvalue weighted by Crippen LogP contribution is 2.33. The van der Waals surface area contributed by atoms with Crippen LogP contribution in [0.1, 0.15) is 30.7 Å². The number of rotatable bonds is 1. The molecule has 0 aliphatic heterocycles. The number of aromatic hydroxyl groups is 1. The molecule has 14 heavy (non-hydrogen) atoms. The summed E-state index contributed by atoms with van der Waals surface area (Å²) >= 11 is 0. The summed E-state index contributed by atoms with van der Waals surface area (Å²) in [6.07, 6.45) is 1.93. The molecule has 1 fully saturated rings. The molecule has 3 heteroatoms. The Morgan fingerprint density at radius 2 is 2.21 bits per heavy atom. The maximum absolute atomic E-state index is 12.7. The second-order valence-corrected chi connectivity index (χ2v) is 3.69. The fraction of sp³-hybridized carbons (Fsp3) is 0.364. The van der Waals surface area contributed by atoms with E-state index < -0.39 is 5.82 Å². The Hall–Kier alpha value is -1.38. The molecule has 0 aromatic heterocycles. The SMILES string of the molecule is O=C1CCC(c2ccc(F)c(O)c2)C1. The van der Waals surface area contributed by atoms with Gasteiger partial charge in [-0.3, -0.25) is 4.79 Å². The summed E-state index contributed by atoms with van der Waals surface area (Å²) < 4.78 is 12.7. The minimum Gasteiger partial charge on any atom is -0.505 e. The minimum atomic E-state index is -0.613. The molecule has 1 N–H and O–H groups in total. The van der Waals surface area contributed by atoms with Crippen LogP contribution in [0.25, 0.3) is 0 Å². The standard InChI is InChI=1S/C11H11FO2/c12-10-4-2-8(6-11(10)14)7-1-3-9(13)5-7/h2,4,6-7,14H,1,3,5H2. The molecule has 74 valence electrons. The summed E-state index contributed by atoms with van der Waals surface area (Å²) in [5.74, 6) is -0.535. The molecule has 1 atom stereocenters. The summed E-state index contributed by atoms with van der Waals surface area (Å²) in [4.78, 5) is 11.0. The Morgan fingerprint density at radius 3 is 2.79 bits per heavy atom. The van der Waals surface area contributed by atoms with E-state index in [0.29, 0.717) is 12.8 Å². The lowest BCUT2D eigenvalue weighted by Crippen LogP contribution is -1.94. The van der Waals surface area contributed by atoms with Gasteiger partial charge in [-0.2, -0.15) is 0 Å². The molecule has 1 unspecified atom stereocenters. The Bertz CT molecular complexity index is 374. The Balaban J connectivity index is 2.24. The van der Waals surface area contributed by atoms with Gasteiger partial charge in [-0.15, -0.1) is 0 Å². The summed E-state index contributed by atoms with van der Waals surface area (Å²) in [6, 6.07) is 4.30. The highest BCUT2D eigenvalue weighted by atomic mass is 19.1. The number of hydrogen-bond acceptors (Lipinski definition) is 2. The zero-order chi connectivity index (χ0) is 10.1. The monoisotopic (exact) mass is 194 g/mol. The van der Waals surface area contributed by atoms with Crippen LogP contribution in [0.2, 0.25) is 0 Å². The van der Waals surface area contributed by atoms with Crippen LogP contribution in [0, 0.1) is 5.82 Å². The molecule has 0 saturated heterocycles. The summed E-state index contributed by atoms with van der Waals surface area (Å²) in [5.41, 5.74) is 0.856. The molecule has 0 heterocycles. The smallest absolute Gasteiger partial charge is 0.164 e. The third-order valence-corrected chi connectivity index (χ3v) is 2.69. The summed E-state index contributed by atoms with van der Waals surface area (Å²) in [6.45, 7) is 0. The highest BCUT2D eigenvalue weighted by Gasteiger charge is 2.23. The third kappa shape index (κ3) is 1.62. The predicted octanol–water partition coefficient (Wildman–Crippen LogP) is 2.37. The van der Waals surface area contributed by atoms with Crippen molar-refractivity contribution < 1.29 is 14.3 Å². The van der Waals surface area contributed by atoms with Crippen molar-refractivity contribution in [3.05, 3.63) is 29.6 Å². The Kier molecular flexibility index (Phi) is 2.23. The maximum atomic E-state index is 12.7. The van der Waals surface area contributed by atoms with Crippen molar-refractivity contribution in [1.29, 1.82) is 0 Å². The molecule has 0 amide bonds. The van der Waals surface area contributed by atoms with Crippen LogP contribution in [0.4, 0.5) is 4.39 Å². The van der Waals surface area contributed by atoms with Crippen molar-refractivity contribution in [3.8, 4) is 5.75 Å². The van der Waals surface area contributed by atoms with Crippen molar-refractivity contribution in [3.63, 3.8) is 0 Å². The molecular weight excluding hydrogens is 183 g/mol. The molecule has 1 saturated carbocycles. The Labute approximate surface area is 81.4 Å². The summed E-state index contributed by atoms with van der Waals surface area (Å²) in [5, 5.41) is 9.17. The molecule has 2 nitrogen and oxygen atoms in total. The van der Waals surface area contributed by atoms with Gasteiger partial charge in [0.25, 0.3) is 0 Å². The second kappa shape index (κ2) is 3.40. The van der Waals surface area contributed by atoms with E-state index in [9.17, 15) is 9.18 Å². The van der Waals surface area contributed by atoms with E-state index >= 15 is 0 Å². The van der Waals surface area contributed by atoms with E-state index in [2.05, 4.69) is 0 Å². The number of phenols is 1. The van der Waals surface area contributed by atoms with Gasteiger partial charge in [0.05, 0.1) is 0 Å². The lowest BCUT2D eigenvalue weighted by atomic mass is 9.97. The average Bonchev–Trinajstić information content (AvgIpc) is 2.57. The van der Waals surface area contributed by atoms with Gasteiger partial charge in [-0.25, -0.2) is 4.39 Å². The van der Waals surface area contributed by atoms with Crippen molar-refractivity contribution in [1.82, 2.24) is 0 Å². The van der Waals surface area contributed by atoms with Gasteiger partial charge >= 0.3 is 0 Å². The van der Waals surface area contributed by atoms with Gasteiger partial charge in [0.2, 0.25) is 0 Å². The number of halogens is 1. The van der Waals surface area contributed by atoms with E-state index in [-0.39, 0.29) is 17.5 Å². The second-order valence-electron chi connectivity index (χ2n) is 3.69. The van der Waals surface area contributed by atoms with Crippen LogP contribution < -0.4 is 0 Å². The number of ketones is 1. The molecule has 1 aromatic rings. The number of Topliss-reactive ketones (excluding diaryl/α,β-unsaturated/α-hetero) is 1. The lowest BCUT2D eigenvalue weighted by molar-refractivity contribution is -0.117. The van der Waals surface area contributed by atoms with Gasteiger partial charge in [-0.05, 0) is 30.0 Å². The fourth-order valence-electron chi connectivity index (χ4n) is 1.88. The minimum absolute atomic E-state index is 0.161. The van der Waals surface area contributed by atoms with Crippen LogP contribution >= 0.6 is 0 Å². The Morgan fingerprint density at radius 1 is 1.43 bits per heavy atom. The van der Waals surface area contributed by atoms with Crippen molar-refractivity contribution in [2.45, 2.75) is 25.2 Å². The quantitative estimate of drug-likeness (QED) is 0.745. The molecule has 1 aromatic carbocycles. The predicted molar refractivity (Wildman–Crippen MR) is 49.7 cm³/mol. The first-order valence-electron chi connectivity index (χ1n) is 4.67. The fourth-order valence-corrected chi connectivity index (χ4v) is 1.88. The van der Waals surface area contributed by atoms with E-state index in [1.807, 2.05) is 0 Å². The lowest BCUT2D eigenvalue weighted by Gasteiger charge is -2.08. The van der Waals surface area contributed by atoms with E-state index in [4.69, 9.17) is 5.11 Å². The highest BCUT2D eigenvalue weighted by molar-refractivity contribution is 5.81. The first-order valence-corrected chi connectivity index (χ1v) is 4.67. The molecule has 0 spiro atoms. The molecule has 1 aliphatic rings. The van der Waals surface area contributed by atoms with Crippen molar-refractivity contribution in [2.24, 2.45) is 0 Å². The molecule has 0 radical (unpaired) electrons. The molecular formula is C11H11FO2. The zero-order valence-electron chi connectivity index (χ0n) is 7.66. The van der Waals surface area contributed by atoms with Crippen molar-refractivity contribution in [2.75, 3.05) is 0 Å². The first kappa shape index (κ1) is 9.19. The normalized spacial score (nSPS) is 21.5. The maximum Gasteiger partial charge on any atom is 0.164 e. The molecule has 2 rings (SSSR count). The van der Waals surface area contributed by atoms with Crippen LogP contribution in [0.15, 0.2) is 18.2 Å². The van der Waals surface area contributed by atoms with Gasteiger partial charge in [0.1, 0.15) is 5.78 Å². The van der Waals surface area contributed by atoms with Gasteiger partial charge < -0.3 is 5.11 Å². The van der Waals surface area contributed by atoms with Crippen LogP contribution in [-0.2, 0) is 4.79 Å². The number of carbonyl (C=O) groups excluding carboxylic acids is 1. The van der Waals surface area contributed by atoms with E-state index in [1.165, 1.54) is 12.1 Å². The van der Waals surface area contributed by atoms with Gasteiger partial charge in [-0.1, -0.05) is 6.07 Å². The molecule has 1 aliphatic carbocycles. The number of hydrogen-bond donors (Lipinski definition) is 1. The van der Waals surface area contributed by atoms with E-state index in [1.54, 1.807) is 6.07 Å². The average molecular weight is 194 g/mol. The zero-order valence-corrected chi connectivity index (χ0v) is 7.66. The number of phenolic OH excluding ortho intramolecular Hbond substituents is 1. The number of carbonyl (C=O) groups is 1. The van der Waals surface area contributed by atoms with Crippen LogP contribution in [-0.4, -0.2) is 10.9 Å². The largest absolute Gasteiger partial charge is 0.505 e. The van der Waals surface area contributed by atoms with Gasteiger partial charge in [0, 0.05) is 12.8 Å².